The van der Waals surface area contributed by atoms with Gasteiger partial charge in [-0.2, -0.15) is 13.2 Å². The van der Waals surface area contributed by atoms with Crippen molar-refractivity contribution < 1.29 is 27.8 Å². The Balaban J connectivity index is 1.72. The van der Waals surface area contributed by atoms with Crippen molar-refractivity contribution in [2.45, 2.75) is 38.5 Å². The number of rotatable bonds is 7. The van der Waals surface area contributed by atoms with Crippen molar-refractivity contribution in [3.63, 3.8) is 0 Å². The molecule has 0 aliphatic carbocycles. The smallest absolute Gasteiger partial charge is 0.416 e. The van der Waals surface area contributed by atoms with Crippen LogP contribution in [-0.4, -0.2) is 61.8 Å². The van der Waals surface area contributed by atoms with Gasteiger partial charge in [-0.1, -0.05) is 23.2 Å². The summed E-state index contributed by atoms with van der Waals surface area (Å²) in [5.74, 6) is -1.13. The largest absolute Gasteiger partial charge is 0.463 e. The number of benzene rings is 1. The van der Waals surface area contributed by atoms with Crippen molar-refractivity contribution in [2.75, 3.05) is 12.1 Å². The Morgan fingerprint density at radius 2 is 1.92 bits per heavy atom. The lowest BCUT2D eigenvalue weighted by atomic mass is 10.2. The van der Waals surface area contributed by atoms with E-state index in [4.69, 9.17) is 27.9 Å². The molecular formula is C22H20Cl2F3N7O4. The van der Waals surface area contributed by atoms with Gasteiger partial charge in [-0.05, 0) is 42.8 Å². The first-order valence-corrected chi connectivity index (χ1v) is 11.7. The van der Waals surface area contributed by atoms with Gasteiger partial charge in [0.15, 0.2) is 17.1 Å². The molecule has 0 amide bonds. The highest BCUT2D eigenvalue weighted by molar-refractivity contribution is 6.42. The Morgan fingerprint density at radius 1 is 1.24 bits per heavy atom. The first kappa shape index (κ1) is 27.6. The maximum absolute atomic E-state index is 13.2. The molecule has 38 heavy (non-hydrogen) atoms. The number of esters is 1. The molecule has 2 N–H and O–H groups in total. The van der Waals surface area contributed by atoms with Crippen LogP contribution < -0.4 is 16.1 Å². The minimum atomic E-state index is -4.97. The van der Waals surface area contributed by atoms with Crippen molar-refractivity contribution in [1.82, 2.24) is 24.8 Å². The number of alkyl halides is 3. The quantitative estimate of drug-likeness (QED) is 0.326. The maximum Gasteiger partial charge on any atom is 0.416 e. The molecule has 1 aliphatic rings. The number of aryl methyl sites for hydroxylation is 1. The maximum atomic E-state index is 13.2. The number of amidine groups is 1. The molecule has 3 heterocycles. The van der Waals surface area contributed by atoms with Gasteiger partial charge in [0.25, 0.3) is 0 Å². The van der Waals surface area contributed by atoms with Crippen LogP contribution >= 0.6 is 23.2 Å². The number of nitrogens with zero attached hydrogens (tertiary/aromatic N) is 6. The summed E-state index contributed by atoms with van der Waals surface area (Å²) in [7, 11) is 1.16. The molecule has 202 valence electrons. The highest BCUT2D eigenvalue weighted by Crippen LogP contribution is 2.29. The summed E-state index contributed by atoms with van der Waals surface area (Å²) in [6, 6.07) is 7.56. The van der Waals surface area contributed by atoms with Crippen molar-refractivity contribution in [1.29, 1.82) is 0 Å². The molecule has 0 fully saturated rings. The number of hydrogen-bond acceptors (Lipinski definition) is 9. The van der Waals surface area contributed by atoms with Gasteiger partial charge in [0.05, 0.1) is 20.2 Å². The van der Waals surface area contributed by atoms with Gasteiger partial charge in [-0.3, -0.25) is 4.57 Å². The van der Waals surface area contributed by atoms with Crippen LogP contribution in [0.2, 0.25) is 10.2 Å². The number of hydrazine groups is 1. The van der Waals surface area contributed by atoms with Gasteiger partial charge in [0, 0.05) is 16.8 Å². The second-order valence-corrected chi connectivity index (χ2v) is 8.95. The molecule has 3 aromatic rings. The molecule has 4 rings (SSSR count). The zero-order valence-electron chi connectivity index (χ0n) is 19.8. The van der Waals surface area contributed by atoms with E-state index >= 15 is 0 Å². The molecule has 11 nitrogen and oxygen atoms in total. The lowest BCUT2D eigenvalue weighted by molar-refractivity contribution is -0.207. The van der Waals surface area contributed by atoms with Crippen molar-refractivity contribution in [2.24, 2.45) is 4.99 Å². The second kappa shape index (κ2) is 10.7. The summed E-state index contributed by atoms with van der Waals surface area (Å²) in [5, 5.41) is 15.5. The van der Waals surface area contributed by atoms with E-state index in [1.807, 2.05) is 0 Å². The van der Waals surface area contributed by atoms with Gasteiger partial charge < -0.3 is 9.84 Å². The normalized spacial score (nSPS) is 16.5. The van der Waals surface area contributed by atoms with Gasteiger partial charge in [-0.25, -0.2) is 34.7 Å². The molecule has 0 radical (unpaired) electrons. The number of anilines is 1. The third-order valence-corrected chi connectivity index (χ3v) is 6.07. The number of carbonyl (C=O) groups is 1. The third kappa shape index (κ3) is 5.53. The molecule has 0 saturated heterocycles. The predicted octanol–water partition coefficient (Wildman–Crippen LogP) is 2.57. The predicted molar refractivity (Wildman–Crippen MR) is 132 cm³/mol. The van der Waals surface area contributed by atoms with E-state index in [9.17, 15) is 27.9 Å². The molecule has 16 heteroatoms. The number of nitrogens with one attached hydrogen (secondary N) is 1. The summed E-state index contributed by atoms with van der Waals surface area (Å²) >= 11 is 12.2. The van der Waals surface area contributed by atoms with Gasteiger partial charge in [0.2, 0.25) is 5.84 Å². The van der Waals surface area contributed by atoms with Crippen LogP contribution in [-0.2, 0) is 22.6 Å². The summed E-state index contributed by atoms with van der Waals surface area (Å²) in [4.78, 5) is 33.9. The number of aliphatic hydroxyl groups excluding tert-OH is 1. The average molecular weight is 574 g/mol. The number of carbonyl (C=O) groups excluding carboxylic acids is 1. The molecule has 1 aliphatic heterocycles. The van der Waals surface area contributed by atoms with E-state index in [0.29, 0.717) is 20.8 Å². The topological polar surface area (TPSA) is 127 Å². The Kier molecular flexibility index (Phi) is 7.78. The molecule has 0 spiro atoms. The highest BCUT2D eigenvalue weighted by atomic mass is 35.5. The number of aliphatic hydroxyl groups is 1. The SMILES string of the molecule is COC(=O)C1=NC(Cn2nc(-c3ccc(Cl)cc3)n(C[C@H](O)C(F)(F)F)c2=O)NN1c1c(C)ccnc1Cl. The molecule has 0 saturated carbocycles. The molecule has 1 unspecified atom stereocenters. The Bertz CT molecular complexity index is 1420. The zero-order valence-corrected chi connectivity index (χ0v) is 21.3. The van der Waals surface area contributed by atoms with E-state index in [2.05, 4.69) is 20.5 Å². The number of hydrogen-bond donors (Lipinski definition) is 2. The number of halogens is 5. The molecular weight excluding hydrogens is 554 g/mol. The van der Waals surface area contributed by atoms with E-state index < -0.39 is 36.6 Å². The summed E-state index contributed by atoms with van der Waals surface area (Å²) in [6.07, 6.45) is -7.29. The summed E-state index contributed by atoms with van der Waals surface area (Å²) in [5.41, 5.74) is 3.22. The second-order valence-electron chi connectivity index (χ2n) is 8.16. The number of methoxy groups -OCH3 is 1. The van der Waals surface area contributed by atoms with Crippen LogP contribution in [0.25, 0.3) is 11.4 Å². The molecule has 1 aromatic carbocycles. The molecule has 2 aromatic heterocycles. The van der Waals surface area contributed by atoms with Crippen molar-refractivity contribution in [3.8, 4) is 11.4 Å². The van der Waals surface area contributed by atoms with Gasteiger partial charge in [-0.15, -0.1) is 5.10 Å². The highest BCUT2D eigenvalue weighted by Gasteiger charge is 2.40. The number of pyridine rings is 1. The monoisotopic (exact) mass is 573 g/mol. The standard InChI is InChI=1S/C22H20Cl2F3N7O4/c1-11-7-8-28-17(24)16(11)34-19(20(36)38-2)29-15(30-34)10-33-21(37)32(9-14(35)22(25,26)27)18(31-33)12-3-5-13(23)6-4-12/h3-8,14-15,30,35H,9-10H2,1-2H3/t14-,15?/m0/s1. The van der Waals surface area contributed by atoms with Crippen LogP contribution in [0.15, 0.2) is 46.3 Å². The van der Waals surface area contributed by atoms with Crippen LogP contribution in [0.4, 0.5) is 18.9 Å². The number of aliphatic imine (C=N–C) groups is 1. The first-order chi connectivity index (χ1) is 17.9. The summed E-state index contributed by atoms with van der Waals surface area (Å²) < 4.78 is 45.7. The Morgan fingerprint density at radius 3 is 2.53 bits per heavy atom. The zero-order chi connectivity index (χ0) is 27.8. The molecule has 0 bridgehead atoms. The number of aromatic nitrogens is 4. The van der Waals surface area contributed by atoms with Crippen LogP contribution in [0, 0.1) is 6.92 Å². The minimum absolute atomic E-state index is 0.0577. The van der Waals surface area contributed by atoms with E-state index in [0.717, 1.165) is 11.8 Å². The third-order valence-electron chi connectivity index (χ3n) is 5.55. The fourth-order valence-electron chi connectivity index (χ4n) is 3.69. The first-order valence-electron chi connectivity index (χ1n) is 10.9. The van der Waals surface area contributed by atoms with Crippen molar-refractivity contribution >= 4 is 40.7 Å². The van der Waals surface area contributed by atoms with Crippen LogP contribution in [0.1, 0.15) is 5.56 Å². The fourth-order valence-corrected chi connectivity index (χ4v) is 4.11. The lowest BCUT2D eigenvalue weighted by Crippen LogP contribution is -2.46. The summed E-state index contributed by atoms with van der Waals surface area (Å²) in [6.45, 7) is 0.331. The van der Waals surface area contributed by atoms with Crippen molar-refractivity contribution in [3.05, 3.63) is 62.8 Å². The molecule has 2 atom stereocenters. The Hall–Kier alpha value is -3.46. The van der Waals surface area contributed by atoms with Gasteiger partial charge in [0.1, 0.15) is 11.9 Å². The van der Waals surface area contributed by atoms with E-state index in [1.165, 1.54) is 35.5 Å². The number of ether oxygens (including phenoxy) is 1. The average Bonchev–Trinajstić information content (AvgIpc) is 3.40. The Labute approximate surface area is 223 Å². The minimum Gasteiger partial charge on any atom is -0.463 e. The fraction of sp³-hybridized carbons (Fsp3) is 0.318. The van der Waals surface area contributed by atoms with Crippen LogP contribution in [0.5, 0.6) is 0 Å². The van der Waals surface area contributed by atoms with Crippen LogP contribution in [0.3, 0.4) is 0 Å². The van der Waals surface area contributed by atoms with E-state index in [-0.39, 0.29) is 28.9 Å². The van der Waals surface area contributed by atoms with Gasteiger partial charge >= 0.3 is 17.8 Å². The lowest BCUT2D eigenvalue weighted by Gasteiger charge is -2.22. The van der Waals surface area contributed by atoms with E-state index in [1.54, 1.807) is 13.0 Å².